The average molecular weight is 485 g/mol. The summed E-state index contributed by atoms with van der Waals surface area (Å²) in [6, 6.07) is 17.3. The van der Waals surface area contributed by atoms with Gasteiger partial charge in [-0.2, -0.15) is 5.10 Å². The lowest BCUT2D eigenvalue weighted by atomic mass is 10.1. The standard InChI is InChI=1S/C23H21ClN4O4S/c24-20-7-2-1-6-17(20)9-23(30)27-18-10-21-19(22(11-18)33(25,31)32)12-26-28(21)13-15-4-3-5-16(8-15)14-29/h1-8,10-12,29H,9,13-14H2,(H,27,30)(H2,25,31,32). The quantitative estimate of drug-likeness (QED) is 0.371. The Balaban J connectivity index is 1.70. The van der Waals surface area contributed by atoms with Crippen LogP contribution in [0.2, 0.25) is 5.02 Å². The van der Waals surface area contributed by atoms with Crippen LogP contribution >= 0.6 is 11.6 Å². The average Bonchev–Trinajstić information content (AvgIpc) is 3.16. The number of halogens is 1. The molecule has 1 heterocycles. The number of aliphatic hydroxyl groups excluding tert-OH is 1. The summed E-state index contributed by atoms with van der Waals surface area (Å²) in [5.41, 5.74) is 3.04. The van der Waals surface area contributed by atoms with E-state index in [1.807, 2.05) is 18.2 Å². The SMILES string of the molecule is NS(=O)(=O)c1cc(NC(=O)Cc2ccccc2Cl)cc2c1cnn2Cc1cccc(CO)c1. The maximum absolute atomic E-state index is 12.6. The number of aromatic nitrogens is 2. The summed E-state index contributed by atoms with van der Waals surface area (Å²) in [5, 5.41) is 22.7. The Kier molecular flexibility index (Phi) is 6.48. The fraction of sp³-hybridized carbons (Fsp3) is 0.130. The Morgan fingerprint density at radius 1 is 1.09 bits per heavy atom. The molecule has 1 aromatic heterocycles. The van der Waals surface area contributed by atoms with Crippen molar-refractivity contribution in [3.8, 4) is 0 Å². The van der Waals surface area contributed by atoms with Crippen molar-refractivity contribution in [1.82, 2.24) is 9.78 Å². The minimum absolute atomic E-state index is 0.0234. The van der Waals surface area contributed by atoms with E-state index < -0.39 is 10.0 Å². The van der Waals surface area contributed by atoms with Crippen LogP contribution in [0.4, 0.5) is 5.69 Å². The van der Waals surface area contributed by atoms with Gasteiger partial charge < -0.3 is 10.4 Å². The Hall–Kier alpha value is -3.24. The summed E-state index contributed by atoms with van der Waals surface area (Å²) in [6.45, 7) is 0.239. The maximum atomic E-state index is 12.6. The van der Waals surface area contributed by atoms with E-state index in [2.05, 4.69) is 10.4 Å². The third-order valence-electron chi connectivity index (χ3n) is 5.13. The van der Waals surface area contributed by atoms with Gasteiger partial charge in [0.25, 0.3) is 0 Å². The molecule has 0 aliphatic heterocycles. The van der Waals surface area contributed by atoms with Gasteiger partial charge in [0, 0.05) is 16.1 Å². The van der Waals surface area contributed by atoms with E-state index >= 15 is 0 Å². The summed E-state index contributed by atoms with van der Waals surface area (Å²) < 4.78 is 26.1. The molecule has 0 unspecified atom stereocenters. The van der Waals surface area contributed by atoms with Crippen LogP contribution in [0.5, 0.6) is 0 Å². The lowest BCUT2D eigenvalue weighted by molar-refractivity contribution is -0.115. The van der Waals surface area contributed by atoms with E-state index in [1.54, 1.807) is 41.1 Å². The van der Waals surface area contributed by atoms with E-state index in [1.165, 1.54) is 12.3 Å². The number of carbonyl (C=O) groups is 1. The molecule has 0 aliphatic rings. The largest absolute Gasteiger partial charge is 0.392 e. The zero-order chi connectivity index (χ0) is 23.6. The van der Waals surface area contributed by atoms with Crippen LogP contribution in [-0.2, 0) is 34.4 Å². The van der Waals surface area contributed by atoms with Crippen molar-refractivity contribution in [2.75, 3.05) is 5.32 Å². The Bertz CT molecular complexity index is 1450. The Morgan fingerprint density at radius 3 is 2.58 bits per heavy atom. The molecule has 3 aromatic carbocycles. The van der Waals surface area contributed by atoms with Gasteiger partial charge >= 0.3 is 0 Å². The lowest BCUT2D eigenvalue weighted by Gasteiger charge is -2.11. The van der Waals surface area contributed by atoms with Gasteiger partial charge in [0.05, 0.1) is 36.2 Å². The maximum Gasteiger partial charge on any atom is 0.238 e. The minimum Gasteiger partial charge on any atom is -0.392 e. The van der Waals surface area contributed by atoms with Gasteiger partial charge in [0.2, 0.25) is 15.9 Å². The molecule has 1 amide bonds. The van der Waals surface area contributed by atoms with E-state index in [9.17, 15) is 18.3 Å². The monoisotopic (exact) mass is 484 g/mol. The molecule has 33 heavy (non-hydrogen) atoms. The highest BCUT2D eigenvalue weighted by Gasteiger charge is 2.19. The van der Waals surface area contributed by atoms with Gasteiger partial charge in [-0.15, -0.1) is 0 Å². The van der Waals surface area contributed by atoms with Crippen molar-refractivity contribution in [2.24, 2.45) is 5.14 Å². The second-order valence-corrected chi connectivity index (χ2v) is 9.49. The van der Waals surface area contributed by atoms with E-state index in [4.69, 9.17) is 16.7 Å². The minimum atomic E-state index is -4.08. The van der Waals surface area contributed by atoms with Crippen molar-refractivity contribution >= 4 is 44.1 Å². The number of amides is 1. The van der Waals surface area contributed by atoms with Crippen LogP contribution in [0.15, 0.2) is 71.8 Å². The number of aliphatic hydroxyl groups is 1. The molecule has 0 fully saturated rings. The molecule has 0 spiro atoms. The van der Waals surface area contributed by atoms with Gasteiger partial charge in [-0.1, -0.05) is 54.1 Å². The zero-order valence-electron chi connectivity index (χ0n) is 17.4. The number of carbonyl (C=O) groups excluding carboxylic acids is 1. The van der Waals surface area contributed by atoms with Crippen LogP contribution in [0.3, 0.4) is 0 Å². The number of fused-ring (bicyclic) bond motifs is 1. The highest BCUT2D eigenvalue weighted by atomic mass is 35.5. The molecule has 0 aliphatic carbocycles. The second kappa shape index (κ2) is 9.32. The molecule has 0 atom stereocenters. The first-order valence-electron chi connectivity index (χ1n) is 9.99. The van der Waals surface area contributed by atoms with E-state index in [0.717, 1.165) is 11.1 Å². The molecular weight excluding hydrogens is 464 g/mol. The number of rotatable bonds is 7. The number of hydrogen-bond donors (Lipinski definition) is 3. The van der Waals surface area contributed by atoms with Gasteiger partial charge in [-0.25, -0.2) is 13.6 Å². The summed E-state index contributed by atoms with van der Waals surface area (Å²) in [6.07, 6.45) is 1.45. The number of nitrogens with one attached hydrogen (secondary N) is 1. The fourth-order valence-electron chi connectivity index (χ4n) is 3.60. The van der Waals surface area contributed by atoms with Crippen molar-refractivity contribution in [2.45, 2.75) is 24.5 Å². The normalized spacial score (nSPS) is 11.6. The molecule has 0 saturated heterocycles. The van der Waals surface area contributed by atoms with Crippen molar-refractivity contribution in [3.63, 3.8) is 0 Å². The van der Waals surface area contributed by atoms with Gasteiger partial charge in [0.1, 0.15) is 0 Å². The predicted octanol–water partition coefficient (Wildman–Crippen LogP) is 3.06. The molecular formula is C23H21ClN4O4S. The van der Waals surface area contributed by atoms with E-state index in [-0.39, 0.29) is 29.5 Å². The molecule has 170 valence electrons. The highest BCUT2D eigenvalue weighted by molar-refractivity contribution is 7.89. The van der Waals surface area contributed by atoms with Gasteiger partial charge in [-0.3, -0.25) is 9.48 Å². The summed E-state index contributed by atoms with van der Waals surface area (Å²) in [5.74, 6) is -0.357. The molecule has 0 bridgehead atoms. The van der Waals surface area contributed by atoms with Crippen LogP contribution in [0.1, 0.15) is 16.7 Å². The number of benzene rings is 3. The van der Waals surface area contributed by atoms with Gasteiger partial charge in [0.15, 0.2) is 0 Å². The first-order valence-corrected chi connectivity index (χ1v) is 11.9. The second-order valence-electron chi connectivity index (χ2n) is 7.55. The molecule has 8 nitrogen and oxygen atoms in total. The van der Waals surface area contributed by atoms with Crippen molar-refractivity contribution in [1.29, 1.82) is 0 Å². The first-order chi connectivity index (χ1) is 15.7. The van der Waals surface area contributed by atoms with E-state index in [0.29, 0.717) is 28.0 Å². The number of hydrogen-bond acceptors (Lipinski definition) is 5. The lowest BCUT2D eigenvalue weighted by Crippen LogP contribution is -2.17. The number of nitrogens with two attached hydrogens (primary N) is 1. The summed E-state index contributed by atoms with van der Waals surface area (Å²) in [4.78, 5) is 12.5. The number of sulfonamides is 1. The fourth-order valence-corrected chi connectivity index (χ4v) is 4.56. The number of nitrogens with zero attached hydrogens (tertiary/aromatic N) is 2. The Labute approximate surface area is 195 Å². The van der Waals surface area contributed by atoms with Crippen molar-refractivity contribution < 1.29 is 18.3 Å². The van der Waals surface area contributed by atoms with Crippen LogP contribution in [0.25, 0.3) is 10.9 Å². The molecule has 4 rings (SSSR count). The molecule has 4 aromatic rings. The van der Waals surface area contributed by atoms with Crippen molar-refractivity contribution in [3.05, 3.63) is 88.6 Å². The third kappa shape index (κ3) is 5.23. The third-order valence-corrected chi connectivity index (χ3v) is 6.45. The summed E-state index contributed by atoms with van der Waals surface area (Å²) >= 11 is 6.14. The van der Waals surface area contributed by atoms with Crippen LogP contribution < -0.4 is 10.5 Å². The zero-order valence-corrected chi connectivity index (χ0v) is 19.0. The predicted molar refractivity (Wildman–Crippen MR) is 126 cm³/mol. The van der Waals surface area contributed by atoms with Crippen LogP contribution in [-0.4, -0.2) is 29.2 Å². The molecule has 0 radical (unpaired) electrons. The molecule has 0 saturated carbocycles. The summed E-state index contributed by atoms with van der Waals surface area (Å²) in [7, 11) is -4.08. The number of primary sulfonamides is 1. The first kappa shape index (κ1) is 22.9. The topological polar surface area (TPSA) is 127 Å². The highest BCUT2D eigenvalue weighted by Crippen LogP contribution is 2.28. The van der Waals surface area contributed by atoms with Crippen LogP contribution in [0, 0.1) is 0 Å². The smallest absolute Gasteiger partial charge is 0.238 e. The van der Waals surface area contributed by atoms with Gasteiger partial charge in [-0.05, 0) is 34.9 Å². The Morgan fingerprint density at radius 2 is 1.85 bits per heavy atom. The number of anilines is 1. The molecule has 4 N–H and O–H groups in total. The molecule has 10 heteroatoms.